The highest BCUT2D eigenvalue weighted by molar-refractivity contribution is 7.89. The average molecular weight is 215 g/mol. The minimum absolute atomic E-state index is 0.0749. The summed E-state index contributed by atoms with van der Waals surface area (Å²) in [6, 6.07) is 0. The lowest BCUT2D eigenvalue weighted by atomic mass is 10.3. The van der Waals surface area contributed by atoms with Crippen LogP contribution in [0.5, 0.6) is 0 Å². The predicted octanol–water partition coefficient (Wildman–Crippen LogP) is -0.350. The Labute approximate surface area is 75.2 Å². The van der Waals surface area contributed by atoms with Gasteiger partial charge in [-0.2, -0.15) is 4.31 Å². The Bertz CT molecular complexity index is 278. The molecule has 0 aromatic carbocycles. The first kappa shape index (κ1) is 10.8. The van der Waals surface area contributed by atoms with E-state index in [1.807, 2.05) is 0 Å². The van der Waals surface area contributed by atoms with Crippen molar-refractivity contribution < 1.29 is 22.3 Å². The molecule has 1 N–H and O–H groups in total. The second-order valence-corrected chi connectivity index (χ2v) is 5.11. The van der Waals surface area contributed by atoms with E-state index in [2.05, 4.69) is 0 Å². The number of alkyl halides is 2. The van der Waals surface area contributed by atoms with Gasteiger partial charge in [-0.15, -0.1) is 0 Å². The second-order valence-electron chi connectivity index (χ2n) is 3.02. The predicted molar refractivity (Wildman–Crippen MR) is 42.0 cm³/mol. The lowest BCUT2D eigenvalue weighted by Crippen LogP contribution is -2.40. The van der Waals surface area contributed by atoms with Crippen molar-refractivity contribution in [3.63, 3.8) is 0 Å². The van der Waals surface area contributed by atoms with Crippen LogP contribution in [0.4, 0.5) is 8.78 Å². The summed E-state index contributed by atoms with van der Waals surface area (Å²) < 4.78 is 48.0. The highest BCUT2D eigenvalue weighted by atomic mass is 32.2. The Hall–Kier alpha value is -0.270. The number of rotatable bonds is 3. The largest absolute Gasteiger partial charge is 0.390 e. The molecule has 78 valence electrons. The maximum absolute atomic E-state index is 12.6. The molecule has 1 rings (SSSR count). The maximum Gasteiger partial charge on any atom is 0.284 e. The van der Waals surface area contributed by atoms with Gasteiger partial charge < -0.3 is 5.11 Å². The van der Waals surface area contributed by atoms with Crippen LogP contribution in [0.15, 0.2) is 0 Å². The summed E-state index contributed by atoms with van der Waals surface area (Å²) in [4.78, 5) is 0. The molecular weight excluding hydrogens is 204 g/mol. The van der Waals surface area contributed by atoms with Crippen LogP contribution in [0.25, 0.3) is 0 Å². The van der Waals surface area contributed by atoms with Gasteiger partial charge >= 0.3 is 0 Å². The average Bonchev–Trinajstić information content (AvgIpc) is 2.31. The molecule has 0 radical (unpaired) electrons. The molecule has 1 aliphatic heterocycles. The van der Waals surface area contributed by atoms with Gasteiger partial charge in [0.1, 0.15) is 6.61 Å². The highest BCUT2D eigenvalue weighted by Crippen LogP contribution is 2.20. The summed E-state index contributed by atoms with van der Waals surface area (Å²) in [5, 5.41) is 8.25. The number of nitrogens with zero attached hydrogens (tertiary/aromatic N) is 1. The summed E-state index contributed by atoms with van der Waals surface area (Å²) in [6.45, 7) is -2.11. The summed E-state index contributed by atoms with van der Waals surface area (Å²) in [5.41, 5.74) is 0. The minimum Gasteiger partial charge on any atom is -0.390 e. The number of hydrogen-bond donors (Lipinski definition) is 1. The fraction of sp³-hybridized carbons (Fsp3) is 1.00. The lowest BCUT2D eigenvalue weighted by Gasteiger charge is -2.20. The maximum atomic E-state index is 12.6. The second kappa shape index (κ2) is 3.47. The van der Waals surface area contributed by atoms with Crippen molar-refractivity contribution in [3.05, 3.63) is 0 Å². The molecule has 13 heavy (non-hydrogen) atoms. The van der Waals surface area contributed by atoms with Crippen molar-refractivity contribution in [1.29, 1.82) is 0 Å². The first-order valence-electron chi connectivity index (χ1n) is 3.84. The Balaban J connectivity index is 2.65. The van der Waals surface area contributed by atoms with Crippen LogP contribution >= 0.6 is 0 Å². The van der Waals surface area contributed by atoms with Crippen molar-refractivity contribution in [1.82, 2.24) is 4.31 Å². The van der Waals surface area contributed by atoms with E-state index in [9.17, 15) is 17.2 Å². The molecule has 0 spiro atoms. The first-order chi connectivity index (χ1) is 5.87. The summed E-state index contributed by atoms with van der Waals surface area (Å²) in [5.74, 6) is -3.41. The molecule has 1 saturated heterocycles. The summed E-state index contributed by atoms with van der Waals surface area (Å²) in [6.07, 6.45) is 0.379. The molecule has 1 aliphatic rings. The van der Waals surface area contributed by atoms with Crippen molar-refractivity contribution in [3.8, 4) is 0 Å². The van der Waals surface area contributed by atoms with E-state index in [1.54, 1.807) is 0 Å². The third-order valence-corrected chi connectivity index (χ3v) is 3.75. The molecular formula is C6H11F2NO3S. The first-order valence-corrected chi connectivity index (χ1v) is 5.45. The molecule has 0 aromatic rings. The number of sulfonamides is 1. The summed E-state index contributed by atoms with van der Waals surface area (Å²) >= 11 is 0. The van der Waals surface area contributed by atoms with Gasteiger partial charge in [0, 0.05) is 6.54 Å². The standard InChI is InChI=1S/C6H11F2NO3S/c7-6(8,5-10)4-9-2-1-3-13(9,11)12/h10H,1-5H2. The zero-order valence-corrected chi connectivity index (χ0v) is 7.73. The van der Waals surface area contributed by atoms with Gasteiger partial charge in [-0.05, 0) is 6.42 Å². The fourth-order valence-electron chi connectivity index (χ4n) is 1.18. The molecule has 0 aliphatic carbocycles. The number of hydrogen-bond acceptors (Lipinski definition) is 3. The topological polar surface area (TPSA) is 57.6 Å². The van der Waals surface area contributed by atoms with Gasteiger partial charge in [-0.25, -0.2) is 17.2 Å². The van der Waals surface area contributed by atoms with E-state index >= 15 is 0 Å². The molecule has 1 heterocycles. The molecule has 0 unspecified atom stereocenters. The molecule has 7 heteroatoms. The van der Waals surface area contributed by atoms with Crippen LogP contribution in [0.2, 0.25) is 0 Å². The van der Waals surface area contributed by atoms with Crippen LogP contribution in [0.3, 0.4) is 0 Å². The van der Waals surface area contributed by atoms with E-state index < -0.39 is 29.1 Å². The van der Waals surface area contributed by atoms with Crippen LogP contribution in [0.1, 0.15) is 6.42 Å². The number of aliphatic hydroxyl groups is 1. The van der Waals surface area contributed by atoms with E-state index in [1.165, 1.54) is 0 Å². The van der Waals surface area contributed by atoms with Gasteiger partial charge in [0.25, 0.3) is 5.92 Å². The molecule has 0 amide bonds. The Morgan fingerprint density at radius 3 is 2.46 bits per heavy atom. The summed E-state index contributed by atoms with van der Waals surface area (Å²) in [7, 11) is -3.49. The SMILES string of the molecule is O=S1(=O)CCCN1CC(F)(F)CO. The lowest BCUT2D eigenvalue weighted by molar-refractivity contribution is -0.0594. The van der Waals surface area contributed by atoms with E-state index in [0.717, 1.165) is 4.31 Å². The highest BCUT2D eigenvalue weighted by Gasteiger charge is 2.38. The van der Waals surface area contributed by atoms with Crippen LogP contribution in [-0.2, 0) is 10.0 Å². The van der Waals surface area contributed by atoms with Crippen LogP contribution in [0, 0.1) is 0 Å². The van der Waals surface area contributed by atoms with Crippen LogP contribution in [-0.4, -0.2) is 49.2 Å². The number of halogens is 2. The number of aliphatic hydroxyl groups excluding tert-OH is 1. The fourth-order valence-corrected chi connectivity index (χ4v) is 2.72. The normalized spacial score (nSPS) is 23.6. The monoisotopic (exact) mass is 215 g/mol. The van der Waals surface area contributed by atoms with Gasteiger partial charge in [0.2, 0.25) is 10.0 Å². The smallest absolute Gasteiger partial charge is 0.284 e. The van der Waals surface area contributed by atoms with Crippen molar-refractivity contribution >= 4 is 10.0 Å². The van der Waals surface area contributed by atoms with Crippen molar-refractivity contribution in [2.45, 2.75) is 12.3 Å². The molecule has 4 nitrogen and oxygen atoms in total. The van der Waals surface area contributed by atoms with Crippen molar-refractivity contribution in [2.75, 3.05) is 25.4 Å². The third kappa shape index (κ3) is 2.58. The van der Waals surface area contributed by atoms with Crippen LogP contribution < -0.4 is 0 Å². The zero-order valence-electron chi connectivity index (χ0n) is 6.91. The quantitative estimate of drug-likeness (QED) is 0.700. The Morgan fingerprint density at radius 2 is 2.08 bits per heavy atom. The van der Waals surface area contributed by atoms with Gasteiger partial charge in [-0.3, -0.25) is 0 Å². The van der Waals surface area contributed by atoms with E-state index in [4.69, 9.17) is 5.11 Å². The van der Waals surface area contributed by atoms with Gasteiger partial charge in [-0.1, -0.05) is 0 Å². The molecule has 0 atom stereocenters. The third-order valence-electron chi connectivity index (χ3n) is 1.84. The van der Waals surface area contributed by atoms with E-state index in [0.29, 0.717) is 6.42 Å². The van der Waals surface area contributed by atoms with Crippen molar-refractivity contribution in [2.24, 2.45) is 0 Å². The minimum atomic E-state index is -3.49. The zero-order chi connectivity index (χ0) is 10.1. The molecule has 0 aromatic heterocycles. The Morgan fingerprint density at radius 1 is 1.46 bits per heavy atom. The molecule has 0 saturated carbocycles. The Kier molecular flexibility index (Phi) is 2.88. The van der Waals surface area contributed by atoms with Gasteiger partial charge in [0.15, 0.2) is 0 Å². The van der Waals surface area contributed by atoms with E-state index in [-0.39, 0.29) is 12.3 Å². The van der Waals surface area contributed by atoms with Gasteiger partial charge in [0.05, 0.1) is 12.3 Å². The molecule has 1 fully saturated rings. The molecule has 0 bridgehead atoms.